The first-order valence-corrected chi connectivity index (χ1v) is 10.2. The number of nitrogens with one attached hydrogen (secondary N) is 2. The Morgan fingerprint density at radius 3 is 2.85 bits per heavy atom. The van der Waals surface area contributed by atoms with Crippen LogP contribution < -0.4 is 16.2 Å². The van der Waals surface area contributed by atoms with Gasteiger partial charge in [0, 0.05) is 19.3 Å². The zero-order chi connectivity index (χ0) is 19.4. The molecular weight excluding hydrogens is 342 g/mol. The summed E-state index contributed by atoms with van der Waals surface area (Å²) in [7, 11) is 0. The lowest BCUT2D eigenvalue weighted by Crippen LogP contribution is -2.39. The van der Waals surface area contributed by atoms with Gasteiger partial charge in [-0.25, -0.2) is 0 Å². The molecule has 0 bridgehead atoms. The molecule has 0 aromatic carbocycles. The van der Waals surface area contributed by atoms with Crippen molar-refractivity contribution in [1.82, 2.24) is 15.2 Å². The number of rotatable bonds is 6. The van der Waals surface area contributed by atoms with Gasteiger partial charge in [-0.1, -0.05) is 13.8 Å². The Labute approximate surface area is 161 Å². The van der Waals surface area contributed by atoms with Crippen molar-refractivity contribution in [2.75, 3.05) is 26.2 Å². The van der Waals surface area contributed by atoms with Gasteiger partial charge in [0.05, 0.1) is 12.7 Å². The summed E-state index contributed by atoms with van der Waals surface area (Å²) in [5, 5.41) is 6.34. The number of hydrogen-bond acceptors (Lipinski definition) is 4. The Kier molecular flexibility index (Phi) is 6.37. The highest BCUT2D eigenvalue weighted by atomic mass is 16.5. The molecule has 2 saturated heterocycles. The number of hydrogen-bond donors (Lipinski definition) is 2. The Morgan fingerprint density at radius 2 is 2.15 bits per heavy atom. The second kappa shape index (κ2) is 8.57. The number of aryl methyl sites for hydroxylation is 2. The van der Waals surface area contributed by atoms with Crippen molar-refractivity contribution in [2.24, 2.45) is 11.3 Å². The van der Waals surface area contributed by atoms with Gasteiger partial charge in [-0.05, 0) is 68.7 Å². The van der Waals surface area contributed by atoms with E-state index in [1.807, 2.05) is 13.0 Å². The maximum atomic E-state index is 12.7. The van der Waals surface area contributed by atoms with Gasteiger partial charge in [-0.2, -0.15) is 0 Å². The van der Waals surface area contributed by atoms with E-state index in [0.29, 0.717) is 19.0 Å². The smallest absolute Gasteiger partial charge is 0.263 e. The third-order valence-corrected chi connectivity index (χ3v) is 5.99. The molecule has 1 unspecified atom stereocenters. The van der Waals surface area contributed by atoms with E-state index in [9.17, 15) is 9.59 Å². The second-order valence-corrected chi connectivity index (χ2v) is 8.65. The van der Waals surface area contributed by atoms with Crippen molar-refractivity contribution in [3.8, 4) is 0 Å². The van der Waals surface area contributed by atoms with Crippen LogP contribution in [0.5, 0.6) is 0 Å². The van der Waals surface area contributed by atoms with E-state index in [4.69, 9.17) is 4.74 Å². The van der Waals surface area contributed by atoms with E-state index in [1.165, 1.54) is 0 Å². The zero-order valence-corrected chi connectivity index (χ0v) is 16.8. The maximum absolute atomic E-state index is 12.7. The molecule has 2 fully saturated rings. The molecule has 2 N–H and O–H groups in total. The lowest BCUT2D eigenvalue weighted by atomic mass is 9.77. The molecule has 1 aromatic rings. The molecule has 3 heterocycles. The Morgan fingerprint density at radius 1 is 1.41 bits per heavy atom. The van der Waals surface area contributed by atoms with Crippen molar-refractivity contribution in [1.29, 1.82) is 0 Å². The van der Waals surface area contributed by atoms with Gasteiger partial charge >= 0.3 is 0 Å². The zero-order valence-electron chi connectivity index (χ0n) is 16.8. The highest BCUT2D eigenvalue weighted by Crippen LogP contribution is 2.40. The van der Waals surface area contributed by atoms with Crippen LogP contribution in [0.15, 0.2) is 17.1 Å². The van der Waals surface area contributed by atoms with Gasteiger partial charge in [0.25, 0.3) is 11.5 Å². The number of carbonyl (C=O) groups is 1. The molecule has 1 aromatic heterocycles. The van der Waals surface area contributed by atoms with Gasteiger partial charge in [-0.15, -0.1) is 0 Å². The molecule has 0 radical (unpaired) electrons. The average Bonchev–Trinajstić information content (AvgIpc) is 3.02. The van der Waals surface area contributed by atoms with Crippen LogP contribution in [0.3, 0.4) is 0 Å². The third kappa shape index (κ3) is 4.79. The molecule has 27 heavy (non-hydrogen) atoms. The summed E-state index contributed by atoms with van der Waals surface area (Å²) >= 11 is 0. The number of piperidine rings is 1. The second-order valence-electron chi connectivity index (χ2n) is 8.65. The Bertz CT molecular complexity index is 720. The quantitative estimate of drug-likeness (QED) is 0.799. The number of ether oxygens (including phenoxy) is 1. The number of carbonyl (C=O) groups excluding carboxylic acids is 1. The van der Waals surface area contributed by atoms with Crippen molar-refractivity contribution in [3.63, 3.8) is 0 Å². The first-order valence-electron chi connectivity index (χ1n) is 10.2. The first-order chi connectivity index (χ1) is 12.9. The Balaban J connectivity index is 1.61. The van der Waals surface area contributed by atoms with E-state index in [2.05, 4.69) is 24.5 Å². The minimum atomic E-state index is -0.286. The fraction of sp³-hybridized carbons (Fsp3) is 0.714. The molecule has 1 amide bonds. The molecular formula is C21H33N3O3. The lowest BCUT2D eigenvalue weighted by molar-refractivity contribution is 0.0780. The fourth-order valence-electron chi connectivity index (χ4n) is 4.14. The van der Waals surface area contributed by atoms with E-state index >= 15 is 0 Å². The summed E-state index contributed by atoms with van der Waals surface area (Å²) in [4.78, 5) is 25.5. The minimum Gasteiger partial charge on any atom is -0.376 e. The number of amides is 1. The van der Waals surface area contributed by atoms with Crippen LogP contribution >= 0.6 is 0 Å². The molecule has 2 aliphatic heterocycles. The van der Waals surface area contributed by atoms with E-state index < -0.39 is 0 Å². The van der Waals surface area contributed by atoms with Crippen LogP contribution in [0, 0.1) is 18.3 Å². The van der Waals surface area contributed by atoms with Gasteiger partial charge in [0.15, 0.2) is 0 Å². The van der Waals surface area contributed by atoms with Crippen LogP contribution in [-0.4, -0.2) is 42.8 Å². The van der Waals surface area contributed by atoms with Gasteiger partial charge in [0.1, 0.15) is 5.56 Å². The topological polar surface area (TPSA) is 72.4 Å². The van der Waals surface area contributed by atoms with Gasteiger partial charge < -0.3 is 19.9 Å². The number of pyridine rings is 1. The highest BCUT2D eigenvalue weighted by Gasteiger charge is 2.40. The molecule has 3 rings (SSSR count). The summed E-state index contributed by atoms with van der Waals surface area (Å²) < 4.78 is 7.61. The van der Waals surface area contributed by atoms with Crippen LogP contribution in [0.2, 0.25) is 0 Å². The standard InChI is InChI=1S/C21H33N3O3/c1-15(2)4-10-24-11-5-16(3)18(20(24)26)19(25)23-13-17-12-21(14-27-17)6-8-22-9-7-21/h5,11,15,17,22H,4,6-10,12-14H2,1-3H3,(H,23,25). The summed E-state index contributed by atoms with van der Waals surface area (Å²) in [6.07, 6.45) is 6.00. The van der Waals surface area contributed by atoms with Gasteiger partial charge in [0.2, 0.25) is 0 Å². The molecule has 1 spiro atoms. The molecule has 2 aliphatic rings. The minimum absolute atomic E-state index is 0.0410. The highest BCUT2D eigenvalue weighted by molar-refractivity contribution is 5.95. The fourth-order valence-corrected chi connectivity index (χ4v) is 4.14. The normalized spacial score (nSPS) is 21.7. The monoisotopic (exact) mass is 375 g/mol. The summed E-state index contributed by atoms with van der Waals surface area (Å²) in [5.74, 6) is 0.226. The van der Waals surface area contributed by atoms with Crippen molar-refractivity contribution in [3.05, 3.63) is 33.7 Å². The molecule has 0 saturated carbocycles. The summed E-state index contributed by atoms with van der Waals surface area (Å²) in [6.45, 7) is 10.0. The predicted molar refractivity (Wildman–Crippen MR) is 106 cm³/mol. The first kappa shape index (κ1) is 20.1. The molecule has 1 atom stereocenters. The van der Waals surface area contributed by atoms with Gasteiger partial charge in [-0.3, -0.25) is 9.59 Å². The maximum Gasteiger partial charge on any atom is 0.263 e. The van der Waals surface area contributed by atoms with E-state index in [-0.39, 0.29) is 28.5 Å². The third-order valence-electron chi connectivity index (χ3n) is 5.99. The van der Waals surface area contributed by atoms with Crippen LogP contribution in [-0.2, 0) is 11.3 Å². The lowest BCUT2D eigenvalue weighted by Gasteiger charge is -2.32. The predicted octanol–water partition coefficient (Wildman–Crippen LogP) is 2.09. The van der Waals surface area contributed by atoms with Crippen LogP contribution in [0.4, 0.5) is 0 Å². The van der Waals surface area contributed by atoms with Crippen LogP contribution in [0.25, 0.3) is 0 Å². The molecule has 150 valence electrons. The van der Waals surface area contributed by atoms with E-state index in [1.54, 1.807) is 10.8 Å². The summed E-state index contributed by atoms with van der Waals surface area (Å²) in [6, 6.07) is 1.85. The SMILES string of the molecule is Cc1ccn(CCC(C)C)c(=O)c1C(=O)NCC1CC2(CCNCC2)CO1. The van der Waals surface area contributed by atoms with Crippen LogP contribution in [0.1, 0.15) is 55.5 Å². The average molecular weight is 376 g/mol. The van der Waals surface area contributed by atoms with Crippen molar-refractivity contribution >= 4 is 5.91 Å². The summed E-state index contributed by atoms with van der Waals surface area (Å²) in [5.41, 5.74) is 1.05. The Hall–Kier alpha value is -1.66. The number of nitrogens with zero attached hydrogens (tertiary/aromatic N) is 1. The van der Waals surface area contributed by atoms with Crippen molar-refractivity contribution < 1.29 is 9.53 Å². The number of aromatic nitrogens is 1. The largest absolute Gasteiger partial charge is 0.376 e. The van der Waals surface area contributed by atoms with Crippen molar-refractivity contribution in [2.45, 2.75) is 59.1 Å². The van der Waals surface area contributed by atoms with E-state index in [0.717, 1.165) is 50.9 Å². The molecule has 6 nitrogen and oxygen atoms in total. The molecule has 0 aliphatic carbocycles. The molecule has 6 heteroatoms.